The van der Waals surface area contributed by atoms with Crippen LogP contribution in [-0.4, -0.2) is 19.3 Å². The minimum atomic E-state index is -0.452. The molecule has 0 spiro atoms. The highest BCUT2D eigenvalue weighted by molar-refractivity contribution is 9.10. The summed E-state index contributed by atoms with van der Waals surface area (Å²) < 4.78 is 8.89. The van der Waals surface area contributed by atoms with Crippen LogP contribution in [-0.2, 0) is 13.1 Å². The molecular formula is C20H15BrN4O3. The molecule has 0 N–H and O–H groups in total. The normalized spacial score (nSPS) is 11.0. The summed E-state index contributed by atoms with van der Waals surface area (Å²) >= 11 is 3.39. The standard InChI is InChI=1S/C20H15BrN4O3/c1-2-11-24-19(26)15-5-3-4-6-16(15)25(20(24)27)12-17-22-18(23-28-17)13-7-9-14(21)10-8-13/h2-10H,1,11-12H2. The lowest BCUT2D eigenvalue weighted by Crippen LogP contribution is -2.40. The molecule has 0 bridgehead atoms. The summed E-state index contributed by atoms with van der Waals surface area (Å²) in [5, 5.41) is 4.44. The van der Waals surface area contributed by atoms with Gasteiger partial charge in [-0.1, -0.05) is 39.3 Å². The van der Waals surface area contributed by atoms with Gasteiger partial charge in [-0.25, -0.2) is 4.79 Å². The van der Waals surface area contributed by atoms with Gasteiger partial charge in [-0.15, -0.1) is 6.58 Å². The van der Waals surface area contributed by atoms with E-state index in [9.17, 15) is 9.59 Å². The van der Waals surface area contributed by atoms with Crippen LogP contribution in [0.15, 0.2) is 79.8 Å². The lowest BCUT2D eigenvalue weighted by Gasteiger charge is -2.11. The molecule has 0 radical (unpaired) electrons. The number of allylic oxidation sites excluding steroid dienone is 1. The molecular weight excluding hydrogens is 424 g/mol. The number of halogens is 1. The minimum Gasteiger partial charge on any atom is -0.337 e. The third kappa shape index (κ3) is 3.22. The van der Waals surface area contributed by atoms with Gasteiger partial charge < -0.3 is 4.52 Å². The molecule has 28 heavy (non-hydrogen) atoms. The van der Waals surface area contributed by atoms with Crippen LogP contribution in [0.2, 0.25) is 0 Å². The molecule has 0 saturated heterocycles. The topological polar surface area (TPSA) is 82.9 Å². The van der Waals surface area contributed by atoms with E-state index in [0.29, 0.717) is 16.7 Å². The number of fused-ring (bicyclic) bond motifs is 1. The second-order valence-electron chi connectivity index (χ2n) is 6.11. The monoisotopic (exact) mass is 438 g/mol. The molecule has 0 aliphatic heterocycles. The first kappa shape index (κ1) is 18.1. The Labute approximate surface area is 167 Å². The van der Waals surface area contributed by atoms with E-state index in [1.165, 1.54) is 10.6 Å². The highest BCUT2D eigenvalue weighted by atomic mass is 79.9. The molecule has 140 valence electrons. The van der Waals surface area contributed by atoms with Crippen molar-refractivity contribution in [3.8, 4) is 11.4 Å². The zero-order valence-corrected chi connectivity index (χ0v) is 16.3. The Bertz CT molecular complexity index is 1290. The molecule has 0 aliphatic rings. The van der Waals surface area contributed by atoms with Gasteiger partial charge in [0, 0.05) is 16.6 Å². The second kappa shape index (κ2) is 7.40. The summed E-state index contributed by atoms with van der Waals surface area (Å²) in [6.45, 7) is 3.80. The third-order valence-electron chi connectivity index (χ3n) is 4.31. The van der Waals surface area contributed by atoms with E-state index in [1.54, 1.807) is 24.3 Å². The van der Waals surface area contributed by atoms with Gasteiger partial charge in [-0.3, -0.25) is 13.9 Å². The van der Waals surface area contributed by atoms with E-state index in [0.717, 1.165) is 14.6 Å². The van der Waals surface area contributed by atoms with E-state index in [2.05, 4.69) is 32.6 Å². The maximum atomic E-state index is 12.9. The summed E-state index contributed by atoms with van der Waals surface area (Å²) in [7, 11) is 0. The average molecular weight is 439 g/mol. The molecule has 7 nitrogen and oxygen atoms in total. The quantitative estimate of drug-likeness (QED) is 0.446. The molecule has 0 unspecified atom stereocenters. The minimum absolute atomic E-state index is 0.0559. The van der Waals surface area contributed by atoms with E-state index >= 15 is 0 Å². The van der Waals surface area contributed by atoms with Gasteiger partial charge in [-0.05, 0) is 36.4 Å². The van der Waals surface area contributed by atoms with Crippen molar-refractivity contribution in [3.63, 3.8) is 0 Å². The largest absolute Gasteiger partial charge is 0.337 e. The van der Waals surface area contributed by atoms with Crippen molar-refractivity contribution in [2.24, 2.45) is 0 Å². The highest BCUT2D eigenvalue weighted by Gasteiger charge is 2.15. The molecule has 2 heterocycles. The summed E-state index contributed by atoms with van der Waals surface area (Å²) in [4.78, 5) is 29.9. The van der Waals surface area contributed by atoms with Crippen molar-refractivity contribution in [3.05, 3.63) is 92.4 Å². The van der Waals surface area contributed by atoms with E-state index in [1.807, 2.05) is 24.3 Å². The van der Waals surface area contributed by atoms with Crippen molar-refractivity contribution in [2.45, 2.75) is 13.1 Å². The Morgan fingerprint density at radius 3 is 2.57 bits per heavy atom. The summed E-state index contributed by atoms with van der Waals surface area (Å²) in [6, 6.07) is 14.4. The molecule has 2 aromatic carbocycles. The van der Waals surface area contributed by atoms with Gasteiger partial charge in [0.05, 0.1) is 10.9 Å². The Morgan fingerprint density at radius 2 is 1.82 bits per heavy atom. The van der Waals surface area contributed by atoms with E-state index in [4.69, 9.17) is 4.52 Å². The number of nitrogens with zero attached hydrogens (tertiary/aromatic N) is 4. The number of rotatable bonds is 5. The van der Waals surface area contributed by atoms with E-state index < -0.39 is 5.69 Å². The van der Waals surface area contributed by atoms with Crippen LogP contribution in [0.4, 0.5) is 0 Å². The van der Waals surface area contributed by atoms with Crippen molar-refractivity contribution in [1.82, 2.24) is 19.3 Å². The van der Waals surface area contributed by atoms with Crippen molar-refractivity contribution < 1.29 is 4.52 Å². The van der Waals surface area contributed by atoms with Gasteiger partial charge in [-0.2, -0.15) is 4.98 Å². The fourth-order valence-electron chi connectivity index (χ4n) is 2.98. The molecule has 0 amide bonds. The van der Waals surface area contributed by atoms with Gasteiger partial charge >= 0.3 is 5.69 Å². The first-order valence-corrected chi connectivity index (χ1v) is 9.29. The molecule has 8 heteroatoms. The van der Waals surface area contributed by atoms with Gasteiger partial charge in [0.1, 0.15) is 6.54 Å². The van der Waals surface area contributed by atoms with Crippen LogP contribution in [0.1, 0.15) is 5.89 Å². The summed E-state index contributed by atoms with van der Waals surface area (Å²) in [6.07, 6.45) is 1.51. The van der Waals surface area contributed by atoms with Crippen LogP contribution in [0, 0.1) is 0 Å². The maximum absolute atomic E-state index is 12.9. The average Bonchev–Trinajstić information content (AvgIpc) is 3.18. The highest BCUT2D eigenvalue weighted by Crippen LogP contribution is 2.19. The lowest BCUT2D eigenvalue weighted by atomic mass is 10.2. The predicted molar refractivity (Wildman–Crippen MR) is 109 cm³/mol. The third-order valence-corrected chi connectivity index (χ3v) is 4.84. The Kier molecular flexibility index (Phi) is 4.79. The summed E-state index contributed by atoms with van der Waals surface area (Å²) in [5.74, 6) is 0.702. The molecule has 0 fully saturated rings. The van der Waals surface area contributed by atoms with Crippen molar-refractivity contribution in [1.29, 1.82) is 0 Å². The number of aromatic nitrogens is 4. The Morgan fingerprint density at radius 1 is 1.07 bits per heavy atom. The zero-order valence-electron chi connectivity index (χ0n) is 14.7. The SMILES string of the molecule is C=CCn1c(=O)c2ccccc2n(Cc2nc(-c3ccc(Br)cc3)no2)c1=O. The van der Waals surface area contributed by atoms with Gasteiger partial charge in [0.2, 0.25) is 11.7 Å². The lowest BCUT2D eigenvalue weighted by molar-refractivity contribution is 0.369. The smallest absolute Gasteiger partial charge is 0.332 e. The number of para-hydroxylation sites is 1. The molecule has 4 aromatic rings. The molecule has 0 aliphatic carbocycles. The van der Waals surface area contributed by atoms with Crippen LogP contribution in [0.25, 0.3) is 22.3 Å². The Hall–Kier alpha value is -3.26. The van der Waals surface area contributed by atoms with Crippen molar-refractivity contribution >= 4 is 26.8 Å². The zero-order chi connectivity index (χ0) is 19.7. The summed E-state index contributed by atoms with van der Waals surface area (Å²) in [5.41, 5.74) is 0.512. The van der Waals surface area contributed by atoms with Crippen LogP contribution in [0.5, 0.6) is 0 Å². The molecule has 0 saturated carbocycles. The number of hydrogen-bond acceptors (Lipinski definition) is 5. The predicted octanol–water partition coefficient (Wildman–Crippen LogP) is 3.21. The van der Waals surface area contributed by atoms with Gasteiger partial charge in [0.15, 0.2) is 0 Å². The Balaban J connectivity index is 1.80. The maximum Gasteiger partial charge on any atom is 0.332 e. The van der Waals surface area contributed by atoms with Crippen molar-refractivity contribution in [2.75, 3.05) is 0 Å². The van der Waals surface area contributed by atoms with Crippen LogP contribution >= 0.6 is 15.9 Å². The first-order valence-electron chi connectivity index (χ1n) is 8.50. The second-order valence-corrected chi connectivity index (χ2v) is 7.02. The number of benzene rings is 2. The molecule has 0 atom stereocenters. The number of hydrogen-bond donors (Lipinski definition) is 0. The van der Waals surface area contributed by atoms with Crippen LogP contribution in [0.3, 0.4) is 0 Å². The fraction of sp³-hybridized carbons (Fsp3) is 0.100. The van der Waals surface area contributed by atoms with E-state index in [-0.39, 0.29) is 24.5 Å². The van der Waals surface area contributed by atoms with Gasteiger partial charge in [0.25, 0.3) is 5.56 Å². The fourth-order valence-corrected chi connectivity index (χ4v) is 3.25. The molecule has 2 aromatic heterocycles. The first-order chi connectivity index (χ1) is 13.6. The van der Waals surface area contributed by atoms with Crippen LogP contribution < -0.4 is 11.2 Å². The molecule has 4 rings (SSSR count).